The van der Waals surface area contributed by atoms with Crippen LogP contribution in [0.5, 0.6) is 0 Å². The minimum Gasteiger partial charge on any atom is -0.327 e. The van der Waals surface area contributed by atoms with Crippen molar-refractivity contribution in [3.05, 3.63) is 30.0 Å². The number of nitrogens with zero attached hydrogens (tertiary/aromatic N) is 3. The molecule has 0 spiro atoms. The predicted octanol–water partition coefficient (Wildman–Crippen LogP) is 3.36. The Balaban J connectivity index is 2.58. The van der Waals surface area contributed by atoms with E-state index >= 15 is 0 Å². The number of aryl methyl sites for hydroxylation is 2. The standard InChI is InChI=1S/C15H19N3/c1-15(2,3)13-12-10-8-6-7-9-11(10)17(4)14(12)16-18(13)5/h6-9H,1-5H3. The fraction of sp³-hybridized carbons (Fsp3) is 0.400. The molecule has 0 radical (unpaired) electrons. The van der Waals surface area contributed by atoms with E-state index in [0.717, 1.165) is 5.65 Å². The number of hydrogen-bond acceptors (Lipinski definition) is 1. The summed E-state index contributed by atoms with van der Waals surface area (Å²) >= 11 is 0. The number of benzene rings is 1. The maximum atomic E-state index is 4.70. The van der Waals surface area contributed by atoms with Gasteiger partial charge in [0.1, 0.15) is 0 Å². The van der Waals surface area contributed by atoms with Crippen LogP contribution >= 0.6 is 0 Å². The van der Waals surface area contributed by atoms with Gasteiger partial charge in [0.25, 0.3) is 0 Å². The third kappa shape index (κ3) is 1.33. The molecule has 2 aromatic heterocycles. The van der Waals surface area contributed by atoms with E-state index in [9.17, 15) is 0 Å². The van der Waals surface area contributed by atoms with Crippen molar-refractivity contribution in [2.45, 2.75) is 26.2 Å². The van der Waals surface area contributed by atoms with E-state index in [1.165, 1.54) is 22.0 Å². The van der Waals surface area contributed by atoms with Crippen molar-refractivity contribution in [2.24, 2.45) is 14.1 Å². The van der Waals surface area contributed by atoms with Gasteiger partial charge in [0.05, 0.1) is 16.6 Å². The van der Waals surface area contributed by atoms with Gasteiger partial charge in [-0.25, -0.2) is 0 Å². The van der Waals surface area contributed by atoms with Crippen LogP contribution in [0.2, 0.25) is 0 Å². The van der Waals surface area contributed by atoms with Gasteiger partial charge in [-0.1, -0.05) is 39.0 Å². The summed E-state index contributed by atoms with van der Waals surface area (Å²) < 4.78 is 4.21. The van der Waals surface area contributed by atoms with E-state index in [1.807, 2.05) is 11.7 Å². The van der Waals surface area contributed by atoms with E-state index in [4.69, 9.17) is 5.10 Å². The smallest absolute Gasteiger partial charge is 0.163 e. The van der Waals surface area contributed by atoms with Gasteiger partial charge in [-0.3, -0.25) is 4.68 Å². The van der Waals surface area contributed by atoms with Crippen LogP contribution in [0.15, 0.2) is 24.3 Å². The average molecular weight is 241 g/mol. The molecule has 0 saturated carbocycles. The van der Waals surface area contributed by atoms with E-state index in [-0.39, 0.29) is 5.41 Å². The summed E-state index contributed by atoms with van der Waals surface area (Å²) in [6.45, 7) is 6.72. The summed E-state index contributed by atoms with van der Waals surface area (Å²) in [4.78, 5) is 0. The van der Waals surface area contributed by atoms with Gasteiger partial charge in [-0.2, -0.15) is 5.10 Å². The molecule has 1 aromatic carbocycles. The molecule has 94 valence electrons. The highest BCUT2D eigenvalue weighted by Crippen LogP contribution is 2.35. The van der Waals surface area contributed by atoms with E-state index in [1.54, 1.807) is 0 Å². The molecule has 0 aliphatic rings. The Hall–Kier alpha value is -1.77. The molecule has 0 aliphatic heterocycles. The maximum Gasteiger partial charge on any atom is 0.163 e. The first-order valence-electron chi connectivity index (χ1n) is 6.32. The molecular formula is C15H19N3. The molecule has 3 rings (SSSR count). The van der Waals surface area contributed by atoms with Gasteiger partial charge < -0.3 is 4.57 Å². The van der Waals surface area contributed by atoms with E-state index in [0.29, 0.717) is 0 Å². The lowest BCUT2D eigenvalue weighted by Gasteiger charge is -2.19. The number of para-hydroxylation sites is 1. The predicted molar refractivity (Wildman–Crippen MR) is 75.9 cm³/mol. The summed E-state index contributed by atoms with van der Waals surface area (Å²) in [5.41, 5.74) is 3.71. The average Bonchev–Trinajstić information content (AvgIpc) is 2.75. The Morgan fingerprint density at radius 1 is 1.06 bits per heavy atom. The zero-order valence-electron chi connectivity index (χ0n) is 11.7. The number of hydrogen-bond donors (Lipinski definition) is 0. The van der Waals surface area contributed by atoms with Crippen molar-refractivity contribution in [3.63, 3.8) is 0 Å². The molecule has 0 bridgehead atoms. The molecule has 0 saturated heterocycles. The lowest BCUT2D eigenvalue weighted by molar-refractivity contribution is 0.528. The lowest BCUT2D eigenvalue weighted by atomic mass is 9.89. The summed E-state index contributed by atoms with van der Waals surface area (Å²) in [5, 5.41) is 7.29. The van der Waals surface area contributed by atoms with Crippen LogP contribution in [-0.2, 0) is 19.5 Å². The van der Waals surface area contributed by atoms with Crippen LogP contribution in [0.1, 0.15) is 26.5 Å². The summed E-state index contributed by atoms with van der Waals surface area (Å²) in [7, 11) is 4.12. The molecule has 3 nitrogen and oxygen atoms in total. The molecule has 18 heavy (non-hydrogen) atoms. The normalized spacial score (nSPS) is 12.7. The Morgan fingerprint density at radius 2 is 1.72 bits per heavy atom. The fourth-order valence-corrected chi connectivity index (χ4v) is 2.94. The summed E-state index contributed by atoms with van der Waals surface area (Å²) in [6, 6.07) is 8.53. The topological polar surface area (TPSA) is 22.8 Å². The number of fused-ring (bicyclic) bond motifs is 3. The van der Waals surface area contributed by atoms with Crippen LogP contribution in [0.3, 0.4) is 0 Å². The van der Waals surface area contributed by atoms with Crippen molar-refractivity contribution < 1.29 is 0 Å². The molecule has 0 amide bonds. The van der Waals surface area contributed by atoms with Crippen molar-refractivity contribution >= 4 is 21.9 Å². The molecule has 0 N–H and O–H groups in total. The first-order chi connectivity index (χ1) is 8.41. The van der Waals surface area contributed by atoms with Gasteiger partial charge in [0.2, 0.25) is 0 Å². The Labute approximate surface area is 107 Å². The van der Waals surface area contributed by atoms with Crippen molar-refractivity contribution in [1.29, 1.82) is 0 Å². The first-order valence-corrected chi connectivity index (χ1v) is 6.32. The molecule has 3 aromatic rings. The van der Waals surface area contributed by atoms with Crippen LogP contribution in [-0.4, -0.2) is 14.3 Å². The van der Waals surface area contributed by atoms with E-state index < -0.39 is 0 Å². The Bertz CT molecular complexity index is 738. The second-order valence-electron chi connectivity index (χ2n) is 6.00. The second kappa shape index (κ2) is 3.37. The minimum absolute atomic E-state index is 0.0909. The molecule has 0 aliphatic carbocycles. The van der Waals surface area contributed by atoms with Gasteiger partial charge in [0, 0.05) is 24.9 Å². The van der Waals surface area contributed by atoms with Crippen LogP contribution in [0.4, 0.5) is 0 Å². The van der Waals surface area contributed by atoms with E-state index in [2.05, 4.69) is 56.7 Å². The lowest BCUT2D eigenvalue weighted by Crippen LogP contribution is -2.16. The van der Waals surface area contributed by atoms with Crippen molar-refractivity contribution in [3.8, 4) is 0 Å². The molecule has 3 heteroatoms. The van der Waals surface area contributed by atoms with Crippen LogP contribution in [0.25, 0.3) is 21.9 Å². The molecular weight excluding hydrogens is 222 g/mol. The zero-order chi connectivity index (χ0) is 13.1. The molecule has 0 atom stereocenters. The monoisotopic (exact) mass is 241 g/mol. The SMILES string of the molecule is Cn1nc2c(c1C(C)(C)C)c1ccccc1n2C. The Morgan fingerprint density at radius 3 is 2.39 bits per heavy atom. The molecule has 2 heterocycles. The van der Waals surface area contributed by atoms with Crippen LogP contribution < -0.4 is 0 Å². The highest BCUT2D eigenvalue weighted by Gasteiger charge is 2.25. The third-order valence-electron chi connectivity index (χ3n) is 3.59. The largest absolute Gasteiger partial charge is 0.327 e. The van der Waals surface area contributed by atoms with Gasteiger partial charge in [-0.15, -0.1) is 0 Å². The highest BCUT2D eigenvalue weighted by atomic mass is 15.3. The number of rotatable bonds is 0. The summed E-state index contributed by atoms with van der Waals surface area (Å²) in [6.07, 6.45) is 0. The third-order valence-corrected chi connectivity index (χ3v) is 3.59. The summed E-state index contributed by atoms with van der Waals surface area (Å²) in [5.74, 6) is 0. The molecule has 0 fully saturated rings. The zero-order valence-corrected chi connectivity index (χ0v) is 11.7. The van der Waals surface area contributed by atoms with Crippen molar-refractivity contribution in [2.75, 3.05) is 0 Å². The van der Waals surface area contributed by atoms with Gasteiger partial charge >= 0.3 is 0 Å². The van der Waals surface area contributed by atoms with Gasteiger partial charge in [0.15, 0.2) is 5.65 Å². The quantitative estimate of drug-likeness (QED) is 0.591. The highest BCUT2D eigenvalue weighted by molar-refractivity contribution is 6.08. The van der Waals surface area contributed by atoms with Crippen LogP contribution in [0, 0.1) is 0 Å². The van der Waals surface area contributed by atoms with Gasteiger partial charge in [-0.05, 0) is 6.07 Å². The maximum absolute atomic E-state index is 4.70. The first kappa shape index (κ1) is 11.3. The number of aromatic nitrogens is 3. The fourth-order valence-electron chi connectivity index (χ4n) is 2.94. The Kier molecular flexibility index (Phi) is 2.12. The minimum atomic E-state index is 0.0909. The van der Waals surface area contributed by atoms with Crippen molar-refractivity contribution in [1.82, 2.24) is 14.3 Å². The second-order valence-corrected chi connectivity index (χ2v) is 6.00. The molecule has 0 unspecified atom stereocenters.